The molecule has 0 unspecified atom stereocenters. The first-order chi connectivity index (χ1) is 27.8. The maximum Gasteiger partial charge on any atom is 0.227 e. The molecule has 3 heteroatoms. The molecule has 0 radical (unpaired) electrons. The van der Waals surface area contributed by atoms with Crippen LogP contribution in [0.4, 0.5) is 17.1 Å². The second kappa shape index (κ2) is 13.1. The lowest BCUT2D eigenvalue weighted by molar-refractivity contribution is 0.623. The van der Waals surface area contributed by atoms with E-state index in [1.807, 2.05) is 30.3 Å². The number of para-hydroxylation sites is 2. The average Bonchev–Trinajstić information content (AvgIpc) is 3.72. The molecule has 10 aromatic carbocycles. The summed E-state index contributed by atoms with van der Waals surface area (Å²) >= 11 is 0. The fourth-order valence-corrected chi connectivity index (χ4v) is 8.40. The smallest absolute Gasteiger partial charge is 0.227 e. The van der Waals surface area contributed by atoms with E-state index in [1.165, 1.54) is 38.2 Å². The summed E-state index contributed by atoms with van der Waals surface area (Å²) in [4.78, 5) is 7.37. The van der Waals surface area contributed by atoms with Crippen molar-refractivity contribution in [2.24, 2.45) is 0 Å². The van der Waals surface area contributed by atoms with Gasteiger partial charge in [0.05, 0.1) is 5.69 Å². The van der Waals surface area contributed by atoms with Gasteiger partial charge in [-0.05, 0) is 115 Å². The Bertz CT molecular complexity index is 3240. The van der Waals surface area contributed by atoms with Crippen molar-refractivity contribution in [3.05, 3.63) is 206 Å². The third kappa shape index (κ3) is 5.32. The number of oxazole rings is 1. The molecule has 0 bridgehead atoms. The average molecular weight is 715 g/mol. The zero-order chi connectivity index (χ0) is 37.0. The van der Waals surface area contributed by atoms with Crippen LogP contribution in [0.1, 0.15) is 0 Å². The predicted molar refractivity (Wildman–Crippen MR) is 235 cm³/mol. The third-order valence-corrected chi connectivity index (χ3v) is 11.0. The Morgan fingerprint density at radius 2 is 1.04 bits per heavy atom. The van der Waals surface area contributed by atoms with Gasteiger partial charge in [0.15, 0.2) is 5.58 Å². The minimum absolute atomic E-state index is 0.618. The maximum absolute atomic E-state index is 6.71. The molecule has 0 aliphatic rings. The van der Waals surface area contributed by atoms with Gasteiger partial charge in [0.2, 0.25) is 5.89 Å². The Morgan fingerprint density at radius 1 is 0.375 bits per heavy atom. The molecule has 11 aromatic rings. The summed E-state index contributed by atoms with van der Waals surface area (Å²) in [5.41, 5.74) is 10.5. The van der Waals surface area contributed by atoms with E-state index in [1.54, 1.807) is 0 Å². The molecule has 11 rings (SSSR count). The molecule has 1 aromatic heterocycles. The molecular weight excluding hydrogens is 681 g/mol. The summed E-state index contributed by atoms with van der Waals surface area (Å²) < 4.78 is 6.71. The largest absolute Gasteiger partial charge is 0.435 e. The Kier molecular flexibility index (Phi) is 7.49. The van der Waals surface area contributed by atoms with Gasteiger partial charge in [-0.15, -0.1) is 0 Å². The summed E-state index contributed by atoms with van der Waals surface area (Å²) in [5, 5.41) is 9.40. The topological polar surface area (TPSA) is 29.3 Å². The van der Waals surface area contributed by atoms with E-state index in [9.17, 15) is 0 Å². The van der Waals surface area contributed by atoms with Crippen LogP contribution in [0, 0.1) is 0 Å². The SMILES string of the molecule is c1ccc(-c2nc3ccc4cc(-c5ccccc5)c5ccc(N(c6ccccc6)c6ccccc6-c6ccc7ccc8ccccc8c7c6)cc5c4c3o2)cc1. The molecule has 1 heterocycles. The summed E-state index contributed by atoms with van der Waals surface area (Å²) in [6.07, 6.45) is 0. The van der Waals surface area contributed by atoms with Crippen molar-refractivity contribution in [2.45, 2.75) is 0 Å². The van der Waals surface area contributed by atoms with Crippen LogP contribution in [-0.2, 0) is 0 Å². The number of hydrogen-bond acceptors (Lipinski definition) is 3. The lowest BCUT2D eigenvalue weighted by Gasteiger charge is -2.28. The van der Waals surface area contributed by atoms with Crippen molar-refractivity contribution < 1.29 is 4.42 Å². The molecule has 0 N–H and O–H groups in total. The molecule has 0 saturated heterocycles. The second-order valence-electron chi connectivity index (χ2n) is 14.3. The van der Waals surface area contributed by atoms with Crippen molar-refractivity contribution in [1.82, 2.24) is 4.98 Å². The molecule has 0 amide bonds. The maximum atomic E-state index is 6.71. The molecule has 56 heavy (non-hydrogen) atoms. The van der Waals surface area contributed by atoms with Crippen LogP contribution in [0.15, 0.2) is 211 Å². The predicted octanol–water partition coefficient (Wildman–Crippen LogP) is 14.9. The van der Waals surface area contributed by atoms with Crippen molar-refractivity contribution in [3.8, 4) is 33.7 Å². The van der Waals surface area contributed by atoms with Gasteiger partial charge in [0.25, 0.3) is 0 Å². The van der Waals surface area contributed by atoms with E-state index in [0.717, 1.165) is 60.8 Å². The molecular formula is C53H34N2O. The molecule has 0 atom stereocenters. The van der Waals surface area contributed by atoms with Crippen LogP contribution in [0.3, 0.4) is 0 Å². The van der Waals surface area contributed by atoms with Gasteiger partial charge in [-0.25, -0.2) is 4.98 Å². The Morgan fingerprint density at radius 3 is 1.86 bits per heavy atom. The molecule has 0 aliphatic heterocycles. The van der Waals surface area contributed by atoms with Gasteiger partial charge in [-0.2, -0.15) is 0 Å². The molecule has 262 valence electrons. The van der Waals surface area contributed by atoms with E-state index in [4.69, 9.17) is 9.40 Å². The first kappa shape index (κ1) is 32.0. The molecule has 0 saturated carbocycles. The van der Waals surface area contributed by atoms with Gasteiger partial charge in [0.1, 0.15) is 5.52 Å². The fourth-order valence-electron chi connectivity index (χ4n) is 8.40. The monoisotopic (exact) mass is 714 g/mol. The van der Waals surface area contributed by atoms with Gasteiger partial charge in [0, 0.05) is 27.9 Å². The van der Waals surface area contributed by atoms with Crippen LogP contribution in [0.2, 0.25) is 0 Å². The summed E-state index contributed by atoms with van der Waals surface area (Å²) in [6.45, 7) is 0. The van der Waals surface area contributed by atoms with Crippen molar-refractivity contribution >= 4 is 71.3 Å². The van der Waals surface area contributed by atoms with E-state index < -0.39 is 0 Å². The van der Waals surface area contributed by atoms with Crippen LogP contribution < -0.4 is 4.90 Å². The third-order valence-electron chi connectivity index (χ3n) is 11.0. The van der Waals surface area contributed by atoms with Crippen molar-refractivity contribution in [1.29, 1.82) is 0 Å². The van der Waals surface area contributed by atoms with Crippen LogP contribution in [-0.4, -0.2) is 4.98 Å². The first-order valence-electron chi connectivity index (χ1n) is 19.0. The normalized spacial score (nSPS) is 11.6. The van der Waals surface area contributed by atoms with Gasteiger partial charge >= 0.3 is 0 Å². The highest BCUT2D eigenvalue weighted by atomic mass is 16.3. The molecule has 0 aliphatic carbocycles. The Labute approximate surface area is 324 Å². The zero-order valence-electron chi connectivity index (χ0n) is 30.4. The molecule has 3 nitrogen and oxygen atoms in total. The van der Waals surface area contributed by atoms with Crippen LogP contribution in [0.25, 0.3) is 87.9 Å². The summed E-state index contributed by atoms with van der Waals surface area (Å²) in [5.74, 6) is 0.618. The quantitative estimate of drug-likeness (QED) is 0.161. The highest BCUT2D eigenvalue weighted by Crippen LogP contribution is 2.46. The zero-order valence-corrected chi connectivity index (χ0v) is 30.4. The van der Waals surface area contributed by atoms with E-state index in [-0.39, 0.29) is 0 Å². The van der Waals surface area contributed by atoms with Gasteiger partial charge in [-0.1, -0.05) is 146 Å². The van der Waals surface area contributed by atoms with Gasteiger partial charge < -0.3 is 9.32 Å². The lowest BCUT2D eigenvalue weighted by atomic mass is 9.92. The van der Waals surface area contributed by atoms with Crippen molar-refractivity contribution in [2.75, 3.05) is 4.90 Å². The number of anilines is 3. The van der Waals surface area contributed by atoms with E-state index in [2.05, 4.69) is 181 Å². The first-order valence-corrected chi connectivity index (χ1v) is 19.0. The lowest BCUT2D eigenvalue weighted by Crippen LogP contribution is -2.11. The van der Waals surface area contributed by atoms with Crippen LogP contribution in [0.5, 0.6) is 0 Å². The van der Waals surface area contributed by atoms with E-state index in [0.29, 0.717) is 5.89 Å². The minimum atomic E-state index is 0.618. The Balaban J connectivity index is 1.17. The minimum Gasteiger partial charge on any atom is -0.435 e. The summed E-state index contributed by atoms with van der Waals surface area (Å²) in [6, 6.07) is 73.6. The molecule has 0 fully saturated rings. The number of fused-ring (bicyclic) bond motifs is 8. The highest BCUT2D eigenvalue weighted by molar-refractivity contribution is 6.22. The number of nitrogens with zero attached hydrogens (tertiary/aromatic N) is 2. The number of benzene rings is 10. The number of aromatic nitrogens is 1. The van der Waals surface area contributed by atoms with E-state index >= 15 is 0 Å². The Hall–Kier alpha value is -7.49. The standard InChI is InChI=1S/C53H34N2O/c1-4-14-35(15-5-1)47-33-40-28-31-49-52(56-53(54-49)38-17-6-2-7-18-38)51(40)48-34-42(29-30-45(47)48)55(41-19-8-3-9-20-41)50-23-13-12-22-44(50)39-27-26-37-25-24-36-16-10-11-21-43(36)46(37)32-39/h1-34H. The molecule has 0 spiro atoms. The number of rotatable bonds is 6. The van der Waals surface area contributed by atoms with Gasteiger partial charge in [-0.3, -0.25) is 0 Å². The summed E-state index contributed by atoms with van der Waals surface area (Å²) in [7, 11) is 0. The highest BCUT2D eigenvalue weighted by Gasteiger charge is 2.21. The van der Waals surface area contributed by atoms with Crippen LogP contribution >= 0.6 is 0 Å². The number of hydrogen-bond donors (Lipinski definition) is 0. The fraction of sp³-hybridized carbons (Fsp3) is 0. The van der Waals surface area contributed by atoms with Crippen molar-refractivity contribution in [3.63, 3.8) is 0 Å². The second-order valence-corrected chi connectivity index (χ2v) is 14.3.